The Labute approximate surface area is 73.0 Å². The van der Waals surface area contributed by atoms with Crippen LogP contribution < -0.4 is 5.32 Å². The molecule has 0 atom stereocenters. The molecule has 1 rings (SSSR count). The van der Waals surface area contributed by atoms with Crippen LogP contribution >= 0.6 is 15.9 Å². The number of aromatic nitrogens is 1. The predicted octanol–water partition coefficient (Wildman–Crippen LogP) is 0.178. The zero-order valence-corrected chi connectivity index (χ0v) is 7.63. The topological polar surface area (TPSA) is 46.6 Å². The normalized spacial score (nSPS) is 9.64. The van der Waals surface area contributed by atoms with Gasteiger partial charge in [0.05, 0.1) is 12.6 Å². The molecule has 0 aliphatic rings. The molecule has 0 aliphatic carbocycles. The largest absolute Gasteiger partial charge is 0.342 e. The summed E-state index contributed by atoms with van der Waals surface area (Å²) >= 11 is 3.18. The average Bonchev–Trinajstić information content (AvgIpc) is 2.03. The number of hydrogen-bond donors (Lipinski definition) is 1. The summed E-state index contributed by atoms with van der Waals surface area (Å²) in [5, 5.41) is 1.53. The first-order valence-corrected chi connectivity index (χ1v) is 3.98. The Balaban J connectivity index is 2.96. The van der Waals surface area contributed by atoms with Crippen molar-refractivity contribution in [3.63, 3.8) is 0 Å². The van der Waals surface area contributed by atoms with Crippen LogP contribution in [0.15, 0.2) is 22.9 Å². The summed E-state index contributed by atoms with van der Waals surface area (Å²) in [6.45, 7) is 0. The Morgan fingerprint density at radius 1 is 1.73 bits per heavy atom. The third kappa shape index (κ3) is 2.10. The standard InChI is InChI=1S/C7H7BrN2O/c1-9-7(11)5-2-3-10-6(8)4-5/h2-4H,1H3,(H,9,11)/p+1. The molecule has 1 aromatic heterocycles. The smallest absolute Gasteiger partial charge is 0.281 e. The highest BCUT2D eigenvalue weighted by molar-refractivity contribution is 9.10. The van der Waals surface area contributed by atoms with Crippen molar-refractivity contribution in [1.82, 2.24) is 4.98 Å². The van der Waals surface area contributed by atoms with Gasteiger partial charge in [-0.15, -0.1) is 0 Å². The van der Waals surface area contributed by atoms with E-state index in [1.165, 1.54) is 5.32 Å². The van der Waals surface area contributed by atoms with Crippen LogP contribution in [0.25, 0.3) is 0 Å². The Kier molecular flexibility index (Phi) is 2.73. The van der Waals surface area contributed by atoms with Crippen LogP contribution in [0.3, 0.4) is 0 Å². The van der Waals surface area contributed by atoms with Crippen LogP contribution in [0.2, 0.25) is 0 Å². The number of primary amides is 1. The van der Waals surface area contributed by atoms with Gasteiger partial charge < -0.3 is 0 Å². The monoisotopic (exact) mass is 215 g/mol. The van der Waals surface area contributed by atoms with Gasteiger partial charge in [-0.3, -0.25) is 5.32 Å². The number of carbonyl (C=O) groups is 1. The highest BCUT2D eigenvalue weighted by Gasteiger charge is 2.06. The van der Waals surface area contributed by atoms with Crippen molar-refractivity contribution in [3.8, 4) is 0 Å². The molecule has 1 amide bonds. The first kappa shape index (κ1) is 8.36. The van der Waals surface area contributed by atoms with E-state index in [-0.39, 0.29) is 5.91 Å². The minimum Gasteiger partial charge on any atom is -0.281 e. The molecular formula is C7H8BrN2O+. The second-order valence-corrected chi connectivity index (χ2v) is 2.83. The quantitative estimate of drug-likeness (QED) is 0.680. The second kappa shape index (κ2) is 3.59. The van der Waals surface area contributed by atoms with E-state index in [4.69, 9.17) is 0 Å². The molecule has 0 saturated carbocycles. The zero-order valence-electron chi connectivity index (χ0n) is 6.04. The Morgan fingerprint density at radius 3 is 3.00 bits per heavy atom. The fourth-order valence-corrected chi connectivity index (χ4v) is 1.09. The van der Waals surface area contributed by atoms with Crippen LogP contribution in [-0.2, 0) is 0 Å². The molecule has 0 spiro atoms. The summed E-state index contributed by atoms with van der Waals surface area (Å²) in [5.74, 6) is 0.0214. The lowest BCUT2D eigenvalue weighted by Crippen LogP contribution is -2.83. The van der Waals surface area contributed by atoms with E-state index in [9.17, 15) is 4.79 Å². The van der Waals surface area contributed by atoms with Gasteiger partial charge in [-0.05, 0) is 28.1 Å². The highest BCUT2D eigenvalue weighted by Crippen LogP contribution is 2.06. The number of amides is 1. The highest BCUT2D eigenvalue weighted by atomic mass is 79.9. The molecule has 0 unspecified atom stereocenters. The summed E-state index contributed by atoms with van der Waals surface area (Å²) < 4.78 is 0.685. The van der Waals surface area contributed by atoms with Gasteiger partial charge in [-0.2, -0.15) is 0 Å². The number of quaternary nitrogens is 1. The lowest BCUT2D eigenvalue weighted by molar-refractivity contribution is -0.523. The molecule has 2 N–H and O–H groups in total. The molecule has 0 aliphatic heterocycles. The summed E-state index contributed by atoms with van der Waals surface area (Å²) in [4.78, 5) is 15.0. The number of pyridine rings is 1. The lowest BCUT2D eigenvalue weighted by Gasteiger charge is -1.93. The molecular weight excluding hydrogens is 208 g/mol. The third-order valence-electron chi connectivity index (χ3n) is 1.27. The molecule has 58 valence electrons. The Bertz CT molecular complexity index is 275. The first-order valence-electron chi connectivity index (χ1n) is 3.19. The molecule has 0 fully saturated rings. The second-order valence-electron chi connectivity index (χ2n) is 2.02. The number of halogens is 1. The van der Waals surface area contributed by atoms with Crippen LogP contribution in [-0.4, -0.2) is 17.9 Å². The van der Waals surface area contributed by atoms with Gasteiger partial charge in [-0.1, -0.05) is 0 Å². The van der Waals surface area contributed by atoms with Crippen molar-refractivity contribution in [2.45, 2.75) is 0 Å². The van der Waals surface area contributed by atoms with Gasteiger partial charge in [-0.25, -0.2) is 9.78 Å². The minimum absolute atomic E-state index is 0.0214. The summed E-state index contributed by atoms with van der Waals surface area (Å²) in [6.07, 6.45) is 1.60. The van der Waals surface area contributed by atoms with E-state index in [1.54, 1.807) is 25.4 Å². The van der Waals surface area contributed by atoms with Crippen molar-refractivity contribution < 1.29 is 10.1 Å². The van der Waals surface area contributed by atoms with Crippen LogP contribution in [0, 0.1) is 0 Å². The van der Waals surface area contributed by atoms with E-state index in [2.05, 4.69) is 20.9 Å². The molecule has 1 heterocycles. The summed E-state index contributed by atoms with van der Waals surface area (Å²) in [5.41, 5.74) is 0.661. The zero-order chi connectivity index (χ0) is 8.27. The average molecular weight is 216 g/mol. The van der Waals surface area contributed by atoms with E-state index >= 15 is 0 Å². The molecule has 4 heteroatoms. The number of carbonyl (C=O) groups excluding carboxylic acids is 1. The minimum atomic E-state index is 0.0214. The molecule has 11 heavy (non-hydrogen) atoms. The van der Waals surface area contributed by atoms with E-state index < -0.39 is 0 Å². The van der Waals surface area contributed by atoms with Gasteiger partial charge in [0.25, 0.3) is 0 Å². The fraction of sp³-hybridized carbons (Fsp3) is 0.143. The van der Waals surface area contributed by atoms with Crippen LogP contribution in [0.4, 0.5) is 0 Å². The predicted molar refractivity (Wildman–Crippen MR) is 44.1 cm³/mol. The first-order chi connectivity index (χ1) is 5.24. The van der Waals surface area contributed by atoms with Gasteiger partial charge in [0.15, 0.2) is 0 Å². The van der Waals surface area contributed by atoms with Gasteiger partial charge in [0, 0.05) is 6.20 Å². The maximum Gasteiger partial charge on any atom is 0.342 e. The summed E-state index contributed by atoms with van der Waals surface area (Å²) in [7, 11) is 1.72. The van der Waals surface area contributed by atoms with Crippen molar-refractivity contribution in [2.24, 2.45) is 0 Å². The third-order valence-corrected chi connectivity index (χ3v) is 1.71. The van der Waals surface area contributed by atoms with Gasteiger partial charge in [0.2, 0.25) is 0 Å². The number of rotatable bonds is 1. The number of hydrogen-bond acceptors (Lipinski definition) is 2. The van der Waals surface area contributed by atoms with Crippen LogP contribution in [0.1, 0.15) is 10.4 Å². The lowest BCUT2D eigenvalue weighted by atomic mass is 10.2. The van der Waals surface area contributed by atoms with Crippen molar-refractivity contribution >= 4 is 21.8 Å². The molecule has 0 aromatic carbocycles. The Morgan fingerprint density at radius 2 is 2.45 bits per heavy atom. The Hall–Kier alpha value is -0.740. The maximum absolute atomic E-state index is 11.1. The molecule has 0 radical (unpaired) electrons. The van der Waals surface area contributed by atoms with Gasteiger partial charge >= 0.3 is 5.91 Å². The summed E-state index contributed by atoms with van der Waals surface area (Å²) in [6, 6.07) is 3.38. The van der Waals surface area contributed by atoms with E-state index in [0.717, 1.165) is 0 Å². The van der Waals surface area contributed by atoms with Crippen molar-refractivity contribution in [1.29, 1.82) is 0 Å². The number of nitrogens with two attached hydrogens (primary N) is 1. The molecule has 3 nitrogen and oxygen atoms in total. The van der Waals surface area contributed by atoms with Crippen LogP contribution in [0.5, 0.6) is 0 Å². The number of nitrogens with zero attached hydrogens (tertiary/aromatic N) is 1. The molecule has 0 saturated heterocycles. The van der Waals surface area contributed by atoms with Crippen molar-refractivity contribution in [2.75, 3.05) is 7.05 Å². The van der Waals surface area contributed by atoms with E-state index in [0.29, 0.717) is 10.2 Å². The van der Waals surface area contributed by atoms with E-state index in [1.807, 2.05) is 0 Å². The fourth-order valence-electron chi connectivity index (χ4n) is 0.722. The molecule has 0 bridgehead atoms. The maximum atomic E-state index is 11.1. The SMILES string of the molecule is C[NH2+]C(=O)c1ccnc(Br)c1. The van der Waals surface area contributed by atoms with Crippen molar-refractivity contribution in [3.05, 3.63) is 28.5 Å². The molecule has 1 aromatic rings. The van der Waals surface area contributed by atoms with Gasteiger partial charge in [0.1, 0.15) is 4.60 Å².